The lowest BCUT2D eigenvalue weighted by molar-refractivity contribution is 0.354. The topological polar surface area (TPSA) is 77.5 Å². The summed E-state index contributed by atoms with van der Waals surface area (Å²) in [6.45, 7) is 0.176. The molecule has 0 radical (unpaired) electrons. The molecular weight excluding hydrogens is 372 g/mol. The number of benzene rings is 2. The summed E-state index contributed by atoms with van der Waals surface area (Å²) in [5.74, 6) is 0.837. The zero-order valence-electron chi connectivity index (χ0n) is 14.3. The summed E-state index contributed by atoms with van der Waals surface area (Å²) in [7, 11) is -0.717. The highest BCUT2D eigenvalue weighted by Crippen LogP contribution is 2.29. The van der Waals surface area contributed by atoms with E-state index >= 15 is 0 Å². The normalized spacial score (nSPS) is 11.3. The lowest BCUT2D eigenvalue weighted by Crippen LogP contribution is -2.23. The van der Waals surface area contributed by atoms with Gasteiger partial charge in [0.2, 0.25) is 10.0 Å². The van der Waals surface area contributed by atoms with Gasteiger partial charge in [-0.05, 0) is 23.8 Å². The maximum atomic E-state index is 12.6. The van der Waals surface area contributed by atoms with E-state index in [4.69, 9.17) is 9.47 Å². The second-order valence-electron chi connectivity index (χ2n) is 5.38. The van der Waals surface area contributed by atoms with Gasteiger partial charge in [0.25, 0.3) is 0 Å². The van der Waals surface area contributed by atoms with E-state index in [9.17, 15) is 8.42 Å². The Morgan fingerprint density at radius 2 is 1.88 bits per heavy atom. The molecule has 136 valence electrons. The van der Waals surface area contributed by atoms with Crippen molar-refractivity contribution in [2.45, 2.75) is 11.4 Å². The van der Waals surface area contributed by atoms with E-state index in [1.165, 1.54) is 37.7 Å². The molecule has 0 aliphatic carbocycles. The first-order chi connectivity index (χ1) is 12.5. The first kappa shape index (κ1) is 18.4. The van der Waals surface area contributed by atoms with Crippen LogP contribution >= 0.6 is 11.3 Å². The number of hydrogen-bond donors (Lipinski definition) is 1. The van der Waals surface area contributed by atoms with Crippen molar-refractivity contribution in [2.24, 2.45) is 0 Å². The molecule has 0 saturated carbocycles. The number of nitrogens with one attached hydrogen (secondary N) is 1. The molecule has 26 heavy (non-hydrogen) atoms. The fraction of sp³-hybridized carbons (Fsp3) is 0.167. The second kappa shape index (κ2) is 7.86. The van der Waals surface area contributed by atoms with E-state index in [0.29, 0.717) is 11.5 Å². The standard InChI is InChI=1S/C18H18N2O4S2/c1-23-16-7-6-15(11-17(16)24-2)26(21,22)20-12-13-4-3-5-14(10-13)18-19-8-9-25-18/h3-11,20H,12H2,1-2H3. The Hall–Kier alpha value is -2.42. The van der Waals surface area contributed by atoms with Gasteiger partial charge >= 0.3 is 0 Å². The number of nitrogens with zero attached hydrogens (tertiary/aromatic N) is 1. The van der Waals surface area contributed by atoms with Crippen molar-refractivity contribution >= 4 is 21.4 Å². The maximum Gasteiger partial charge on any atom is 0.241 e. The quantitative estimate of drug-likeness (QED) is 0.670. The van der Waals surface area contributed by atoms with Crippen LogP contribution < -0.4 is 14.2 Å². The molecule has 3 aromatic rings. The number of aromatic nitrogens is 1. The van der Waals surface area contributed by atoms with Crippen LogP contribution in [0.1, 0.15) is 5.56 Å². The zero-order chi connectivity index (χ0) is 18.6. The molecule has 0 amide bonds. The minimum absolute atomic E-state index is 0.117. The summed E-state index contributed by atoms with van der Waals surface area (Å²) in [5, 5.41) is 2.80. The van der Waals surface area contributed by atoms with E-state index in [0.717, 1.165) is 16.1 Å². The van der Waals surface area contributed by atoms with E-state index in [1.54, 1.807) is 12.3 Å². The minimum Gasteiger partial charge on any atom is -0.493 e. The van der Waals surface area contributed by atoms with Crippen LogP contribution in [0.15, 0.2) is 58.9 Å². The van der Waals surface area contributed by atoms with Gasteiger partial charge in [-0.25, -0.2) is 18.1 Å². The Morgan fingerprint density at radius 3 is 2.58 bits per heavy atom. The SMILES string of the molecule is COc1ccc(S(=O)(=O)NCc2cccc(-c3nccs3)c2)cc1OC. The van der Waals surface area contributed by atoms with Crippen LogP contribution in [0, 0.1) is 0 Å². The average molecular weight is 390 g/mol. The van der Waals surface area contributed by atoms with Crippen molar-refractivity contribution in [1.29, 1.82) is 0 Å². The van der Waals surface area contributed by atoms with Gasteiger partial charge in [-0.2, -0.15) is 0 Å². The van der Waals surface area contributed by atoms with Gasteiger partial charge in [0.15, 0.2) is 11.5 Å². The van der Waals surface area contributed by atoms with Crippen LogP contribution in [0.25, 0.3) is 10.6 Å². The predicted molar refractivity (Wildman–Crippen MR) is 101 cm³/mol. The number of methoxy groups -OCH3 is 2. The lowest BCUT2D eigenvalue weighted by Gasteiger charge is -2.11. The Balaban J connectivity index is 1.78. The van der Waals surface area contributed by atoms with Crippen molar-refractivity contribution < 1.29 is 17.9 Å². The van der Waals surface area contributed by atoms with Crippen LogP contribution in [0.5, 0.6) is 11.5 Å². The molecule has 6 nitrogen and oxygen atoms in total. The first-order valence-corrected chi connectivity index (χ1v) is 10.1. The van der Waals surface area contributed by atoms with Crippen LogP contribution in [-0.4, -0.2) is 27.6 Å². The van der Waals surface area contributed by atoms with E-state index in [2.05, 4.69) is 9.71 Å². The van der Waals surface area contributed by atoms with Crippen molar-refractivity contribution in [3.63, 3.8) is 0 Å². The number of thiazole rings is 1. The molecule has 1 aromatic heterocycles. The third kappa shape index (κ3) is 4.04. The number of rotatable bonds is 7. The summed E-state index contributed by atoms with van der Waals surface area (Å²) in [4.78, 5) is 4.39. The van der Waals surface area contributed by atoms with E-state index in [-0.39, 0.29) is 11.4 Å². The van der Waals surface area contributed by atoms with Gasteiger partial charge in [-0.15, -0.1) is 11.3 Å². The number of ether oxygens (including phenoxy) is 2. The minimum atomic E-state index is -3.68. The zero-order valence-corrected chi connectivity index (χ0v) is 15.9. The highest BCUT2D eigenvalue weighted by atomic mass is 32.2. The molecule has 2 aromatic carbocycles. The predicted octanol–water partition coefficient (Wildman–Crippen LogP) is 3.31. The summed E-state index contributed by atoms with van der Waals surface area (Å²) >= 11 is 1.54. The molecule has 1 heterocycles. The van der Waals surface area contributed by atoms with Crippen LogP contribution in [0.2, 0.25) is 0 Å². The monoisotopic (exact) mass is 390 g/mol. The van der Waals surface area contributed by atoms with Crippen LogP contribution in [0.3, 0.4) is 0 Å². The second-order valence-corrected chi connectivity index (χ2v) is 8.04. The van der Waals surface area contributed by atoms with Gasteiger partial charge in [-0.3, -0.25) is 0 Å². The Morgan fingerprint density at radius 1 is 1.08 bits per heavy atom. The van der Waals surface area contributed by atoms with Crippen molar-refractivity contribution in [3.8, 4) is 22.1 Å². The first-order valence-electron chi connectivity index (χ1n) is 7.74. The molecule has 3 rings (SSSR count). The van der Waals surface area contributed by atoms with E-state index in [1.807, 2.05) is 29.6 Å². The van der Waals surface area contributed by atoms with Crippen LogP contribution in [-0.2, 0) is 16.6 Å². The van der Waals surface area contributed by atoms with Gasteiger partial charge in [0.05, 0.1) is 19.1 Å². The van der Waals surface area contributed by atoms with Gasteiger partial charge in [0, 0.05) is 29.8 Å². The molecular formula is C18H18N2O4S2. The van der Waals surface area contributed by atoms with Gasteiger partial charge < -0.3 is 9.47 Å². The highest BCUT2D eigenvalue weighted by molar-refractivity contribution is 7.89. The molecule has 1 N–H and O–H groups in total. The Labute approximate surface area is 156 Å². The molecule has 0 unspecified atom stereocenters. The van der Waals surface area contributed by atoms with Crippen molar-refractivity contribution in [2.75, 3.05) is 14.2 Å². The van der Waals surface area contributed by atoms with Gasteiger partial charge in [-0.1, -0.05) is 18.2 Å². The van der Waals surface area contributed by atoms with E-state index < -0.39 is 10.0 Å². The fourth-order valence-electron chi connectivity index (χ4n) is 2.43. The molecule has 0 fully saturated rings. The smallest absolute Gasteiger partial charge is 0.241 e. The number of hydrogen-bond acceptors (Lipinski definition) is 6. The molecule has 0 bridgehead atoms. The largest absolute Gasteiger partial charge is 0.493 e. The Kier molecular flexibility index (Phi) is 5.55. The van der Waals surface area contributed by atoms with Crippen molar-refractivity contribution in [3.05, 3.63) is 59.6 Å². The third-order valence-corrected chi connectivity index (χ3v) is 5.96. The fourth-order valence-corrected chi connectivity index (χ4v) is 4.09. The van der Waals surface area contributed by atoms with Crippen molar-refractivity contribution in [1.82, 2.24) is 9.71 Å². The summed E-state index contributed by atoms with van der Waals surface area (Å²) in [6.07, 6.45) is 1.74. The average Bonchev–Trinajstić information content (AvgIpc) is 3.21. The number of sulfonamides is 1. The molecule has 0 aliphatic rings. The lowest BCUT2D eigenvalue weighted by atomic mass is 10.1. The Bertz CT molecular complexity index is 986. The summed E-state index contributed by atoms with van der Waals surface area (Å²) < 4.78 is 38.1. The van der Waals surface area contributed by atoms with Crippen LogP contribution in [0.4, 0.5) is 0 Å². The molecule has 8 heteroatoms. The molecule has 0 atom stereocenters. The molecule has 0 spiro atoms. The highest BCUT2D eigenvalue weighted by Gasteiger charge is 2.17. The molecule has 0 aliphatic heterocycles. The summed E-state index contributed by atoms with van der Waals surface area (Å²) in [5.41, 5.74) is 1.81. The molecule has 0 saturated heterocycles. The third-order valence-electron chi connectivity index (χ3n) is 3.74. The van der Waals surface area contributed by atoms with Gasteiger partial charge in [0.1, 0.15) is 5.01 Å². The summed E-state index contributed by atoms with van der Waals surface area (Å²) in [6, 6.07) is 12.1. The maximum absolute atomic E-state index is 12.6.